The summed E-state index contributed by atoms with van der Waals surface area (Å²) in [6.45, 7) is 3.97. The van der Waals surface area contributed by atoms with E-state index in [0.29, 0.717) is 22.2 Å². The SMILES string of the molecule is CCC(C)NC(=O)Cn1nc(SC)c(-c2nc(-c3ccc(OC)cc3)no2)c1N. The number of amides is 1. The minimum absolute atomic E-state index is 0.0171. The molecular formula is C19H24N6O3S. The quantitative estimate of drug-likeness (QED) is 0.538. The molecule has 0 fully saturated rings. The molecule has 3 aromatic rings. The highest BCUT2D eigenvalue weighted by atomic mass is 32.2. The zero-order valence-electron chi connectivity index (χ0n) is 16.8. The molecule has 0 radical (unpaired) electrons. The van der Waals surface area contributed by atoms with Crippen molar-refractivity contribution in [3.8, 4) is 28.6 Å². The van der Waals surface area contributed by atoms with Gasteiger partial charge in [-0.3, -0.25) is 4.79 Å². The Kier molecular flexibility index (Phi) is 6.42. The Morgan fingerprint density at radius 3 is 2.72 bits per heavy atom. The minimum Gasteiger partial charge on any atom is -0.497 e. The number of carbonyl (C=O) groups is 1. The predicted molar refractivity (Wildman–Crippen MR) is 112 cm³/mol. The van der Waals surface area contributed by atoms with Gasteiger partial charge in [0.1, 0.15) is 28.7 Å². The van der Waals surface area contributed by atoms with Gasteiger partial charge in [0, 0.05) is 11.6 Å². The molecule has 9 nitrogen and oxygen atoms in total. The number of aromatic nitrogens is 4. The highest BCUT2D eigenvalue weighted by molar-refractivity contribution is 7.98. The zero-order valence-corrected chi connectivity index (χ0v) is 17.6. The number of ether oxygens (including phenoxy) is 1. The molecule has 10 heteroatoms. The lowest BCUT2D eigenvalue weighted by molar-refractivity contribution is -0.122. The molecule has 2 heterocycles. The van der Waals surface area contributed by atoms with E-state index in [2.05, 4.69) is 20.6 Å². The van der Waals surface area contributed by atoms with E-state index in [1.807, 2.05) is 44.4 Å². The number of benzene rings is 1. The maximum Gasteiger partial charge on any atom is 0.264 e. The summed E-state index contributed by atoms with van der Waals surface area (Å²) in [7, 11) is 1.61. The van der Waals surface area contributed by atoms with Gasteiger partial charge in [-0.2, -0.15) is 10.1 Å². The highest BCUT2D eigenvalue weighted by Crippen LogP contribution is 2.35. The summed E-state index contributed by atoms with van der Waals surface area (Å²) >= 11 is 1.39. The van der Waals surface area contributed by atoms with Gasteiger partial charge in [-0.25, -0.2) is 4.68 Å². The first-order valence-corrected chi connectivity index (χ1v) is 10.4. The van der Waals surface area contributed by atoms with E-state index in [4.69, 9.17) is 15.0 Å². The van der Waals surface area contributed by atoms with Gasteiger partial charge in [0.25, 0.3) is 5.89 Å². The first kappa shape index (κ1) is 20.7. The van der Waals surface area contributed by atoms with Crippen molar-refractivity contribution in [2.45, 2.75) is 37.9 Å². The Morgan fingerprint density at radius 2 is 2.10 bits per heavy atom. The van der Waals surface area contributed by atoms with Crippen LogP contribution >= 0.6 is 11.8 Å². The zero-order chi connectivity index (χ0) is 21.0. The van der Waals surface area contributed by atoms with Crippen LogP contribution in [0.15, 0.2) is 33.8 Å². The molecule has 3 N–H and O–H groups in total. The first-order valence-electron chi connectivity index (χ1n) is 9.14. The maximum atomic E-state index is 12.2. The van der Waals surface area contributed by atoms with Gasteiger partial charge in [-0.05, 0) is 43.9 Å². The summed E-state index contributed by atoms with van der Waals surface area (Å²) in [5.41, 5.74) is 7.58. The number of nitrogen functional groups attached to an aromatic ring is 1. The van der Waals surface area contributed by atoms with Gasteiger partial charge >= 0.3 is 0 Å². The van der Waals surface area contributed by atoms with E-state index in [1.54, 1.807) is 7.11 Å². The van der Waals surface area contributed by atoms with Crippen molar-refractivity contribution in [3.05, 3.63) is 24.3 Å². The monoisotopic (exact) mass is 416 g/mol. The molecule has 0 bridgehead atoms. The van der Waals surface area contributed by atoms with Crippen molar-refractivity contribution < 1.29 is 14.1 Å². The third-order valence-corrected chi connectivity index (χ3v) is 5.13. The standard InChI is InChI=1S/C19H24N6O3S/c1-5-11(2)21-14(26)10-25-16(20)15(19(23-25)29-4)18-22-17(24-28-18)12-6-8-13(27-3)9-7-12/h6-9,11H,5,10,20H2,1-4H3,(H,21,26). The van der Waals surface area contributed by atoms with Crippen LogP contribution in [0, 0.1) is 0 Å². The second kappa shape index (κ2) is 8.99. The molecule has 154 valence electrons. The van der Waals surface area contributed by atoms with Crippen LogP contribution in [0.5, 0.6) is 5.75 Å². The number of nitrogens with two attached hydrogens (primary N) is 1. The van der Waals surface area contributed by atoms with Crippen LogP contribution in [-0.4, -0.2) is 45.2 Å². The highest BCUT2D eigenvalue weighted by Gasteiger charge is 2.24. The lowest BCUT2D eigenvalue weighted by Crippen LogP contribution is -2.35. The van der Waals surface area contributed by atoms with Crippen LogP contribution in [0.4, 0.5) is 5.82 Å². The number of rotatable bonds is 8. The van der Waals surface area contributed by atoms with Crippen molar-refractivity contribution in [1.82, 2.24) is 25.2 Å². The molecule has 29 heavy (non-hydrogen) atoms. The Labute approximate surface area is 173 Å². The lowest BCUT2D eigenvalue weighted by atomic mass is 10.2. The number of hydrogen-bond donors (Lipinski definition) is 2. The molecule has 1 atom stereocenters. The Bertz CT molecular complexity index is 982. The number of methoxy groups -OCH3 is 1. The molecule has 0 aliphatic carbocycles. The molecule has 0 aliphatic heterocycles. The normalized spacial score (nSPS) is 12.0. The summed E-state index contributed by atoms with van der Waals surface area (Å²) in [4.78, 5) is 16.7. The Balaban J connectivity index is 1.87. The van der Waals surface area contributed by atoms with E-state index >= 15 is 0 Å². The number of anilines is 1. The van der Waals surface area contributed by atoms with Crippen molar-refractivity contribution in [1.29, 1.82) is 0 Å². The largest absolute Gasteiger partial charge is 0.497 e. The van der Waals surface area contributed by atoms with Gasteiger partial charge in [0.2, 0.25) is 11.7 Å². The third kappa shape index (κ3) is 4.53. The smallest absolute Gasteiger partial charge is 0.264 e. The molecule has 3 rings (SSSR count). The molecule has 0 saturated carbocycles. The van der Waals surface area contributed by atoms with E-state index in [9.17, 15) is 4.79 Å². The van der Waals surface area contributed by atoms with E-state index in [-0.39, 0.29) is 24.4 Å². The van der Waals surface area contributed by atoms with E-state index < -0.39 is 0 Å². The first-order chi connectivity index (χ1) is 14.0. The van der Waals surface area contributed by atoms with Gasteiger partial charge in [-0.15, -0.1) is 11.8 Å². The topological polar surface area (TPSA) is 121 Å². The average Bonchev–Trinajstić information content (AvgIpc) is 3.32. The summed E-state index contributed by atoms with van der Waals surface area (Å²) in [6, 6.07) is 7.41. The third-order valence-electron chi connectivity index (χ3n) is 4.45. The van der Waals surface area contributed by atoms with Crippen LogP contribution in [0.1, 0.15) is 20.3 Å². The second-order valence-electron chi connectivity index (χ2n) is 6.46. The number of hydrogen-bond acceptors (Lipinski definition) is 8. The van der Waals surface area contributed by atoms with Crippen molar-refractivity contribution >= 4 is 23.5 Å². The fourth-order valence-corrected chi connectivity index (χ4v) is 3.23. The molecule has 1 amide bonds. The maximum absolute atomic E-state index is 12.2. The van der Waals surface area contributed by atoms with Gasteiger partial charge in [0.05, 0.1) is 7.11 Å². The number of carbonyl (C=O) groups excluding carboxylic acids is 1. The Hall–Kier alpha value is -3.01. The molecule has 0 spiro atoms. The summed E-state index contributed by atoms with van der Waals surface area (Å²) in [5.74, 6) is 1.57. The molecule has 0 aliphatic rings. The van der Waals surface area contributed by atoms with Crippen molar-refractivity contribution in [2.24, 2.45) is 0 Å². The fourth-order valence-electron chi connectivity index (χ4n) is 2.66. The molecule has 1 unspecified atom stereocenters. The second-order valence-corrected chi connectivity index (χ2v) is 7.25. The lowest BCUT2D eigenvalue weighted by Gasteiger charge is -2.11. The summed E-state index contributed by atoms with van der Waals surface area (Å²) in [5, 5.41) is 12.0. The molecule has 2 aromatic heterocycles. The minimum atomic E-state index is -0.155. The van der Waals surface area contributed by atoms with Crippen LogP contribution in [-0.2, 0) is 11.3 Å². The van der Waals surface area contributed by atoms with Gasteiger partial charge in [-0.1, -0.05) is 12.1 Å². The van der Waals surface area contributed by atoms with Crippen molar-refractivity contribution in [2.75, 3.05) is 19.1 Å². The molecule has 0 saturated heterocycles. The van der Waals surface area contributed by atoms with Crippen LogP contribution in [0.2, 0.25) is 0 Å². The van der Waals surface area contributed by atoms with Gasteiger partial charge in [0.15, 0.2) is 0 Å². The van der Waals surface area contributed by atoms with Crippen LogP contribution in [0.25, 0.3) is 22.8 Å². The Morgan fingerprint density at radius 1 is 1.38 bits per heavy atom. The summed E-state index contributed by atoms with van der Waals surface area (Å²) < 4.78 is 12.1. The number of nitrogens with zero attached hydrogens (tertiary/aromatic N) is 4. The number of nitrogens with one attached hydrogen (secondary N) is 1. The van der Waals surface area contributed by atoms with Crippen LogP contribution in [0.3, 0.4) is 0 Å². The average molecular weight is 417 g/mol. The predicted octanol–water partition coefficient (Wildman–Crippen LogP) is 2.83. The summed E-state index contributed by atoms with van der Waals surface area (Å²) in [6.07, 6.45) is 2.72. The van der Waals surface area contributed by atoms with Crippen molar-refractivity contribution in [3.63, 3.8) is 0 Å². The van der Waals surface area contributed by atoms with E-state index in [1.165, 1.54) is 16.4 Å². The number of thioether (sulfide) groups is 1. The van der Waals surface area contributed by atoms with E-state index in [0.717, 1.165) is 17.7 Å². The van der Waals surface area contributed by atoms with Gasteiger partial charge < -0.3 is 20.3 Å². The molecular weight excluding hydrogens is 392 g/mol. The molecule has 1 aromatic carbocycles. The fraction of sp³-hybridized carbons (Fsp3) is 0.368. The van der Waals surface area contributed by atoms with Crippen LogP contribution < -0.4 is 15.8 Å².